The molecule has 1 heterocycles. The summed E-state index contributed by atoms with van der Waals surface area (Å²) >= 11 is 0. The average molecular weight is 480 g/mol. The Labute approximate surface area is 200 Å². The Morgan fingerprint density at radius 2 is 1.82 bits per heavy atom. The molecule has 0 bridgehead atoms. The minimum atomic E-state index is -3.97. The van der Waals surface area contributed by atoms with Crippen LogP contribution >= 0.6 is 0 Å². The molecule has 0 radical (unpaired) electrons. The summed E-state index contributed by atoms with van der Waals surface area (Å²) in [6, 6.07) is 14.3. The first-order chi connectivity index (χ1) is 16.4. The smallest absolute Gasteiger partial charge is 0.264 e. The Hall–Kier alpha value is -3.26. The maximum atomic E-state index is 12.9. The fourth-order valence-electron chi connectivity index (χ4n) is 4.08. The Kier molecular flexibility index (Phi) is 6.97. The second kappa shape index (κ2) is 9.93. The summed E-state index contributed by atoms with van der Waals surface area (Å²) < 4.78 is 30.0. The van der Waals surface area contributed by atoms with Crippen LogP contribution in [0.3, 0.4) is 0 Å². The number of imidazole rings is 1. The van der Waals surface area contributed by atoms with Crippen molar-refractivity contribution in [3.05, 3.63) is 71.3 Å². The lowest BCUT2D eigenvalue weighted by molar-refractivity contribution is -0.120. The van der Waals surface area contributed by atoms with Crippen molar-refractivity contribution in [2.45, 2.75) is 57.4 Å². The van der Waals surface area contributed by atoms with Crippen LogP contribution in [-0.4, -0.2) is 30.2 Å². The third-order valence-electron chi connectivity index (χ3n) is 6.05. The molecule has 0 atom stereocenters. The Morgan fingerprint density at radius 1 is 1.12 bits per heavy atom. The van der Waals surface area contributed by atoms with Crippen LogP contribution in [0.15, 0.2) is 53.4 Å². The zero-order valence-electron chi connectivity index (χ0n) is 19.5. The third-order valence-corrected chi connectivity index (χ3v) is 7.45. The van der Waals surface area contributed by atoms with Crippen LogP contribution in [0.25, 0.3) is 11.1 Å². The molecule has 1 aromatic heterocycles. The number of carbonyl (C=O) groups is 2. The van der Waals surface area contributed by atoms with E-state index in [1.165, 1.54) is 6.07 Å². The van der Waals surface area contributed by atoms with E-state index in [0.717, 1.165) is 54.6 Å². The number of rotatable bonds is 10. The highest BCUT2D eigenvalue weighted by molar-refractivity contribution is 7.90. The lowest BCUT2D eigenvalue weighted by Crippen LogP contribution is -2.32. The van der Waals surface area contributed by atoms with Crippen LogP contribution in [0.5, 0.6) is 0 Å². The number of amides is 1. The molecule has 1 saturated carbocycles. The highest BCUT2D eigenvalue weighted by Crippen LogP contribution is 2.31. The van der Waals surface area contributed by atoms with E-state index in [0.29, 0.717) is 24.2 Å². The van der Waals surface area contributed by atoms with Gasteiger partial charge in [0.05, 0.1) is 10.6 Å². The third kappa shape index (κ3) is 4.97. The molecule has 1 N–H and O–H groups in total. The molecule has 7 nitrogen and oxygen atoms in total. The van der Waals surface area contributed by atoms with Crippen molar-refractivity contribution in [1.82, 2.24) is 14.3 Å². The normalized spacial score (nSPS) is 13.6. The second-order valence-corrected chi connectivity index (χ2v) is 10.3. The van der Waals surface area contributed by atoms with E-state index in [1.807, 2.05) is 35.8 Å². The first-order valence-corrected chi connectivity index (χ1v) is 13.1. The molecule has 1 aliphatic rings. The maximum absolute atomic E-state index is 12.9. The molecule has 0 spiro atoms. The van der Waals surface area contributed by atoms with Crippen LogP contribution < -0.4 is 4.72 Å². The van der Waals surface area contributed by atoms with E-state index >= 15 is 0 Å². The molecule has 178 valence electrons. The van der Waals surface area contributed by atoms with Gasteiger partial charge < -0.3 is 4.57 Å². The highest BCUT2D eigenvalue weighted by Gasteiger charge is 2.33. The van der Waals surface area contributed by atoms with E-state index in [9.17, 15) is 18.0 Å². The van der Waals surface area contributed by atoms with Crippen molar-refractivity contribution in [2.75, 3.05) is 0 Å². The van der Waals surface area contributed by atoms with Gasteiger partial charge in [-0.15, -0.1) is 0 Å². The first kappa shape index (κ1) is 23.9. The number of hydrogen-bond donors (Lipinski definition) is 1. The lowest BCUT2D eigenvalue weighted by atomic mass is 10.0. The van der Waals surface area contributed by atoms with E-state index in [-0.39, 0.29) is 10.8 Å². The molecule has 2 aromatic carbocycles. The molecule has 0 unspecified atom stereocenters. The fraction of sp³-hybridized carbons (Fsp3) is 0.346. The van der Waals surface area contributed by atoms with Crippen LogP contribution in [0.4, 0.5) is 0 Å². The standard InChI is InChI=1S/C26H29N3O4S/c1-3-7-25-27-22(4-2)23(17-30)29(25)16-18-10-12-19(13-11-18)21-8-5-6-9-24(21)34(32,33)28-26(31)20-14-15-20/h5-6,8-13,17,20H,3-4,7,14-16H2,1-2H3,(H,28,31). The molecular weight excluding hydrogens is 450 g/mol. The fourth-order valence-corrected chi connectivity index (χ4v) is 5.35. The molecule has 0 saturated heterocycles. The highest BCUT2D eigenvalue weighted by atomic mass is 32.2. The quantitative estimate of drug-likeness (QED) is 0.441. The number of hydrogen-bond acceptors (Lipinski definition) is 5. The molecule has 3 aromatic rings. The van der Waals surface area contributed by atoms with Gasteiger partial charge in [-0.3, -0.25) is 9.59 Å². The summed E-state index contributed by atoms with van der Waals surface area (Å²) in [5, 5.41) is 0. The monoisotopic (exact) mass is 479 g/mol. The molecule has 8 heteroatoms. The topological polar surface area (TPSA) is 98.1 Å². The SMILES string of the molecule is CCCc1nc(CC)c(C=O)n1Cc1ccc(-c2ccccc2S(=O)(=O)NC(=O)C2CC2)cc1. The van der Waals surface area contributed by atoms with Crippen molar-refractivity contribution in [2.24, 2.45) is 5.92 Å². The van der Waals surface area contributed by atoms with Gasteiger partial charge in [0.25, 0.3) is 10.0 Å². The largest absolute Gasteiger partial charge is 0.321 e. The van der Waals surface area contributed by atoms with Crippen molar-refractivity contribution >= 4 is 22.2 Å². The van der Waals surface area contributed by atoms with Crippen LogP contribution in [0.1, 0.15) is 60.7 Å². The van der Waals surface area contributed by atoms with Crippen LogP contribution in [-0.2, 0) is 34.2 Å². The predicted molar refractivity (Wildman–Crippen MR) is 130 cm³/mol. The Morgan fingerprint density at radius 3 is 2.44 bits per heavy atom. The molecular formula is C26H29N3O4S. The van der Waals surface area contributed by atoms with Crippen molar-refractivity contribution in [3.8, 4) is 11.1 Å². The van der Waals surface area contributed by atoms with Crippen molar-refractivity contribution < 1.29 is 18.0 Å². The average Bonchev–Trinajstić information content (AvgIpc) is 3.64. The zero-order chi connectivity index (χ0) is 24.3. The first-order valence-electron chi connectivity index (χ1n) is 11.7. The second-order valence-electron chi connectivity index (χ2n) is 8.60. The maximum Gasteiger partial charge on any atom is 0.264 e. The summed E-state index contributed by atoms with van der Waals surface area (Å²) in [5.41, 5.74) is 3.65. The number of nitrogens with one attached hydrogen (secondary N) is 1. The lowest BCUT2D eigenvalue weighted by Gasteiger charge is -2.13. The Bertz CT molecular complexity index is 1310. The zero-order valence-corrected chi connectivity index (χ0v) is 20.3. The minimum Gasteiger partial charge on any atom is -0.321 e. The van der Waals surface area contributed by atoms with Crippen molar-refractivity contribution in [1.29, 1.82) is 0 Å². The van der Waals surface area contributed by atoms with Gasteiger partial charge in [-0.1, -0.05) is 56.3 Å². The van der Waals surface area contributed by atoms with Gasteiger partial charge in [-0.2, -0.15) is 0 Å². The summed E-state index contributed by atoms with van der Waals surface area (Å²) in [4.78, 5) is 28.6. The van der Waals surface area contributed by atoms with Gasteiger partial charge in [-0.25, -0.2) is 18.1 Å². The van der Waals surface area contributed by atoms with Gasteiger partial charge in [0, 0.05) is 24.4 Å². The molecule has 4 rings (SSSR count). The summed E-state index contributed by atoms with van der Waals surface area (Å²) in [5.74, 6) is 0.255. The van der Waals surface area contributed by atoms with E-state index < -0.39 is 15.9 Å². The van der Waals surface area contributed by atoms with E-state index in [1.54, 1.807) is 18.2 Å². The van der Waals surface area contributed by atoms with Gasteiger partial charge in [0.1, 0.15) is 11.5 Å². The number of aldehydes is 1. The number of carbonyl (C=O) groups excluding carboxylic acids is 2. The molecule has 1 amide bonds. The minimum absolute atomic E-state index is 0.0763. The van der Waals surface area contributed by atoms with E-state index in [4.69, 9.17) is 0 Å². The molecule has 0 aliphatic heterocycles. The Balaban J connectivity index is 1.62. The van der Waals surface area contributed by atoms with Gasteiger partial charge in [0.2, 0.25) is 5.91 Å². The van der Waals surface area contributed by atoms with Gasteiger partial charge in [-0.05, 0) is 42.9 Å². The molecule has 1 fully saturated rings. The number of aryl methyl sites for hydroxylation is 2. The summed E-state index contributed by atoms with van der Waals surface area (Å²) in [6.45, 7) is 4.58. The molecule has 34 heavy (non-hydrogen) atoms. The molecule has 1 aliphatic carbocycles. The number of sulfonamides is 1. The predicted octanol–water partition coefficient (Wildman–Crippen LogP) is 4.14. The summed E-state index contributed by atoms with van der Waals surface area (Å²) in [6.07, 6.45) is 4.74. The van der Waals surface area contributed by atoms with Gasteiger partial charge >= 0.3 is 0 Å². The number of aromatic nitrogens is 2. The number of nitrogens with zero attached hydrogens (tertiary/aromatic N) is 2. The van der Waals surface area contributed by atoms with Crippen LogP contribution in [0.2, 0.25) is 0 Å². The van der Waals surface area contributed by atoms with E-state index in [2.05, 4.69) is 16.6 Å². The van der Waals surface area contributed by atoms with Crippen molar-refractivity contribution in [3.63, 3.8) is 0 Å². The summed E-state index contributed by atoms with van der Waals surface area (Å²) in [7, 11) is -3.97. The van der Waals surface area contributed by atoms with Gasteiger partial charge in [0.15, 0.2) is 6.29 Å². The number of benzene rings is 2. The van der Waals surface area contributed by atoms with Crippen LogP contribution in [0, 0.1) is 5.92 Å².